The minimum atomic E-state index is 0.161. The molecule has 2 heterocycles. The standard InChI is InChI=1S/C12H14BrN3O/c13-8-1-2-11-10(5-8)15-7-12(17)16(11)9-3-4-14-6-9/h1-2,5,9,14-15H,3-4,6-7H2. The Morgan fingerprint density at radius 2 is 2.29 bits per heavy atom. The van der Waals surface area contributed by atoms with Crippen LogP contribution >= 0.6 is 15.9 Å². The van der Waals surface area contributed by atoms with Crippen molar-refractivity contribution in [1.29, 1.82) is 0 Å². The highest BCUT2D eigenvalue weighted by atomic mass is 79.9. The zero-order valence-electron chi connectivity index (χ0n) is 9.37. The molecule has 0 bridgehead atoms. The fraction of sp³-hybridized carbons (Fsp3) is 0.417. The fourth-order valence-corrected chi connectivity index (χ4v) is 2.87. The summed E-state index contributed by atoms with van der Waals surface area (Å²) in [6.07, 6.45) is 1.03. The fourth-order valence-electron chi connectivity index (χ4n) is 2.51. The third-order valence-electron chi connectivity index (χ3n) is 3.32. The summed E-state index contributed by atoms with van der Waals surface area (Å²) in [5.74, 6) is 0.161. The van der Waals surface area contributed by atoms with E-state index in [1.165, 1.54) is 0 Å². The predicted octanol–water partition coefficient (Wildman–Crippen LogP) is 1.57. The van der Waals surface area contributed by atoms with Crippen LogP contribution in [0.25, 0.3) is 0 Å². The number of fused-ring (bicyclic) bond motifs is 1. The van der Waals surface area contributed by atoms with Crippen LogP contribution in [-0.2, 0) is 4.79 Å². The molecule has 2 N–H and O–H groups in total. The molecule has 0 aromatic heterocycles. The summed E-state index contributed by atoms with van der Waals surface area (Å²) in [5.41, 5.74) is 2.03. The number of anilines is 2. The number of amides is 1. The molecule has 4 nitrogen and oxygen atoms in total. The molecule has 2 aliphatic heterocycles. The molecule has 1 fully saturated rings. The molecule has 1 atom stereocenters. The van der Waals surface area contributed by atoms with E-state index >= 15 is 0 Å². The van der Waals surface area contributed by atoms with Crippen molar-refractivity contribution in [2.45, 2.75) is 12.5 Å². The Labute approximate surface area is 108 Å². The Hall–Kier alpha value is -1.07. The molecule has 0 radical (unpaired) electrons. The third kappa shape index (κ3) is 1.93. The number of hydrogen-bond acceptors (Lipinski definition) is 3. The monoisotopic (exact) mass is 295 g/mol. The summed E-state index contributed by atoms with van der Waals surface area (Å²) in [6, 6.07) is 6.30. The SMILES string of the molecule is O=C1CNc2cc(Br)ccc2N1C1CCNC1. The molecule has 5 heteroatoms. The van der Waals surface area contributed by atoms with Gasteiger partial charge in [0, 0.05) is 11.0 Å². The number of carbonyl (C=O) groups is 1. The lowest BCUT2D eigenvalue weighted by molar-refractivity contribution is -0.117. The molecule has 3 rings (SSSR count). The molecular weight excluding hydrogens is 282 g/mol. The topological polar surface area (TPSA) is 44.4 Å². The lowest BCUT2D eigenvalue weighted by Gasteiger charge is -2.34. The van der Waals surface area contributed by atoms with Crippen molar-refractivity contribution in [3.05, 3.63) is 22.7 Å². The smallest absolute Gasteiger partial charge is 0.246 e. The van der Waals surface area contributed by atoms with Crippen molar-refractivity contribution < 1.29 is 4.79 Å². The van der Waals surface area contributed by atoms with Crippen LogP contribution in [0.3, 0.4) is 0 Å². The maximum Gasteiger partial charge on any atom is 0.246 e. The van der Waals surface area contributed by atoms with Gasteiger partial charge in [0.15, 0.2) is 0 Å². The molecule has 0 spiro atoms. The van der Waals surface area contributed by atoms with E-state index in [-0.39, 0.29) is 5.91 Å². The van der Waals surface area contributed by atoms with Gasteiger partial charge >= 0.3 is 0 Å². The molecule has 1 aromatic carbocycles. The number of carbonyl (C=O) groups excluding carboxylic acids is 1. The van der Waals surface area contributed by atoms with E-state index in [1.807, 2.05) is 23.1 Å². The Balaban J connectivity index is 2.00. The van der Waals surface area contributed by atoms with Gasteiger partial charge in [0.2, 0.25) is 5.91 Å². The second-order valence-electron chi connectivity index (χ2n) is 4.43. The van der Waals surface area contributed by atoms with Crippen molar-refractivity contribution >= 4 is 33.2 Å². The van der Waals surface area contributed by atoms with Crippen LogP contribution < -0.4 is 15.5 Å². The lowest BCUT2D eigenvalue weighted by Crippen LogP contribution is -2.47. The third-order valence-corrected chi connectivity index (χ3v) is 3.81. The van der Waals surface area contributed by atoms with E-state index in [1.54, 1.807) is 0 Å². The molecule has 1 unspecified atom stereocenters. The van der Waals surface area contributed by atoms with Gasteiger partial charge in [-0.2, -0.15) is 0 Å². The minimum absolute atomic E-state index is 0.161. The first kappa shape index (κ1) is 11.0. The molecule has 1 aromatic rings. The van der Waals surface area contributed by atoms with Crippen LogP contribution in [0.15, 0.2) is 22.7 Å². The predicted molar refractivity (Wildman–Crippen MR) is 71.4 cm³/mol. The molecule has 2 aliphatic rings. The van der Waals surface area contributed by atoms with Crippen LogP contribution in [0.2, 0.25) is 0 Å². The molecule has 17 heavy (non-hydrogen) atoms. The number of hydrogen-bond donors (Lipinski definition) is 2. The number of nitrogens with one attached hydrogen (secondary N) is 2. The van der Waals surface area contributed by atoms with Gasteiger partial charge in [-0.15, -0.1) is 0 Å². The summed E-state index contributed by atoms with van der Waals surface area (Å²) < 4.78 is 1.03. The van der Waals surface area contributed by atoms with E-state index in [2.05, 4.69) is 26.6 Å². The highest BCUT2D eigenvalue weighted by Gasteiger charge is 2.31. The number of nitrogens with zero attached hydrogens (tertiary/aromatic N) is 1. The van der Waals surface area contributed by atoms with Crippen LogP contribution in [-0.4, -0.2) is 31.6 Å². The summed E-state index contributed by atoms with van der Waals surface area (Å²) in [7, 11) is 0. The van der Waals surface area contributed by atoms with Crippen molar-refractivity contribution in [2.24, 2.45) is 0 Å². The molecule has 1 saturated heterocycles. The van der Waals surface area contributed by atoms with Gasteiger partial charge in [-0.3, -0.25) is 4.79 Å². The van der Waals surface area contributed by atoms with E-state index < -0.39 is 0 Å². The Bertz CT molecular complexity index is 457. The minimum Gasteiger partial charge on any atom is -0.374 e. The average molecular weight is 296 g/mol. The summed E-state index contributed by atoms with van der Waals surface area (Å²) in [4.78, 5) is 14.0. The van der Waals surface area contributed by atoms with Gasteiger partial charge in [0.05, 0.1) is 24.0 Å². The van der Waals surface area contributed by atoms with Crippen LogP contribution in [0.4, 0.5) is 11.4 Å². The normalized spacial score (nSPS) is 23.5. The van der Waals surface area contributed by atoms with Gasteiger partial charge in [-0.05, 0) is 31.2 Å². The molecule has 0 aliphatic carbocycles. The molecule has 0 saturated carbocycles. The average Bonchev–Trinajstić information content (AvgIpc) is 2.82. The van der Waals surface area contributed by atoms with E-state index in [0.29, 0.717) is 12.6 Å². The van der Waals surface area contributed by atoms with Crippen molar-refractivity contribution in [2.75, 3.05) is 29.9 Å². The van der Waals surface area contributed by atoms with Gasteiger partial charge in [-0.25, -0.2) is 0 Å². The first-order chi connectivity index (χ1) is 8.25. The van der Waals surface area contributed by atoms with E-state index in [0.717, 1.165) is 35.4 Å². The van der Waals surface area contributed by atoms with Crippen molar-refractivity contribution in [1.82, 2.24) is 5.32 Å². The van der Waals surface area contributed by atoms with Gasteiger partial charge in [-0.1, -0.05) is 15.9 Å². The van der Waals surface area contributed by atoms with E-state index in [9.17, 15) is 4.79 Å². The first-order valence-corrected chi connectivity index (χ1v) is 6.61. The quantitative estimate of drug-likeness (QED) is 0.827. The number of rotatable bonds is 1. The van der Waals surface area contributed by atoms with Crippen molar-refractivity contribution in [3.63, 3.8) is 0 Å². The summed E-state index contributed by atoms with van der Waals surface area (Å²) in [6.45, 7) is 2.27. The zero-order valence-corrected chi connectivity index (χ0v) is 11.0. The Kier molecular flexibility index (Phi) is 2.80. The zero-order chi connectivity index (χ0) is 11.8. The lowest BCUT2D eigenvalue weighted by atomic mass is 10.1. The Morgan fingerprint density at radius 1 is 1.41 bits per heavy atom. The number of benzene rings is 1. The second-order valence-corrected chi connectivity index (χ2v) is 5.34. The maximum absolute atomic E-state index is 12.1. The molecule has 1 amide bonds. The highest BCUT2D eigenvalue weighted by Crippen LogP contribution is 2.34. The van der Waals surface area contributed by atoms with Crippen LogP contribution in [0.5, 0.6) is 0 Å². The first-order valence-electron chi connectivity index (χ1n) is 5.82. The second kappa shape index (κ2) is 4.31. The highest BCUT2D eigenvalue weighted by molar-refractivity contribution is 9.10. The van der Waals surface area contributed by atoms with Crippen molar-refractivity contribution in [3.8, 4) is 0 Å². The van der Waals surface area contributed by atoms with Crippen LogP contribution in [0.1, 0.15) is 6.42 Å². The number of halogens is 1. The molecular formula is C12H14BrN3O. The van der Waals surface area contributed by atoms with Crippen LogP contribution in [0, 0.1) is 0 Å². The summed E-state index contributed by atoms with van der Waals surface area (Å²) in [5, 5.41) is 6.47. The van der Waals surface area contributed by atoms with E-state index in [4.69, 9.17) is 0 Å². The molecule has 90 valence electrons. The summed E-state index contributed by atoms with van der Waals surface area (Å²) >= 11 is 3.45. The Morgan fingerprint density at radius 3 is 3.06 bits per heavy atom. The van der Waals surface area contributed by atoms with Gasteiger partial charge in [0.25, 0.3) is 0 Å². The van der Waals surface area contributed by atoms with Gasteiger partial charge in [0.1, 0.15) is 0 Å². The maximum atomic E-state index is 12.1. The largest absolute Gasteiger partial charge is 0.374 e. The van der Waals surface area contributed by atoms with Gasteiger partial charge < -0.3 is 15.5 Å².